The van der Waals surface area contributed by atoms with E-state index in [1.165, 1.54) is 11.3 Å². The predicted molar refractivity (Wildman–Crippen MR) is 88.2 cm³/mol. The van der Waals surface area contributed by atoms with Crippen LogP contribution in [0, 0.1) is 0 Å². The molecule has 116 valence electrons. The second-order valence-corrected chi connectivity index (χ2v) is 6.56. The molecule has 0 aliphatic carbocycles. The number of carbonyl (C=O) groups is 1. The van der Waals surface area contributed by atoms with E-state index in [1.54, 1.807) is 0 Å². The highest BCUT2D eigenvalue weighted by molar-refractivity contribution is 7.13. The van der Waals surface area contributed by atoms with Crippen LogP contribution in [0.4, 0.5) is 0 Å². The van der Waals surface area contributed by atoms with Crippen LogP contribution < -0.4 is 5.32 Å². The van der Waals surface area contributed by atoms with Gasteiger partial charge in [-0.1, -0.05) is 23.7 Å². The van der Waals surface area contributed by atoms with E-state index < -0.39 is 0 Å². The minimum atomic E-state index is -0.0107. The van der Waals surface area contributed by atoms with E-state index in [1.807, 2.05) is 29.6 Å². The van der Waals surface area contributed by atoms with Crippen molar-refractivity contribution in [1.82, 2.24) is 10.3 Å². The number of halogens is 1. The number of rotatable bonds is 5. The molecular formula is C16H17ClN2O2S. The molecule has 1 atom stereocenters. The van der Waals surface area contributed by atoms with Gasteiger partial charge >= 0.3 is 0 Å². The van der Waals surface area contributed by atoms with Crippen LogP contribution in [0.2, 0.25) is 5.02 Å². The summed E-state index contributed by atoms with van der Waals surface area (Å²) in [5.74, 6) is -0.0107. The van der Waals surface area contributed by atoms with Crippen LogP contribution in [-0.2, 0) is 16.0 Å². The lowest BCUT2D eigenvalue weighted by Gasteiger charge is -2.09. The first-order valence-corrected chi connectivity index (χ1v) is 8.55. The number of benzene rings is 1. The highest BCUT2D eigenvalue weighted by atomic mass is 35.5. The first-order valence-electron chi connectivity index (χ1n) is 7.29. The maximum atomic E-state index is 11.9. The van der Waals surface area contributed by atoms with Crippen molar-refractivity contribution < 1.29 is 9.53 Å². The van der Waals surface area contributed by atoms with E-state index in [4.69, 9.17) is 16.3 Å². The normalized spacial score (nSPS) is 17.6. The molecule has 2 aromatic rings. The molecule has 0 saturated carbocycles. The van der Waals surface area contributed by atoms with Gasteiger partial charge in [0.15, 0.2) is 0 Å². The summed E-state index contributed by atoms with van der Waals surface area (Å²) < 4.78 is 5.49. The van der Waals surface area contributed by atoms with Crippen LogP contribution in [-0.4, -0.2) is 30.1 Å². The monoisotopic (exact) mass is 336 g/mol. The average Bonchev–Trinajstić information content (AvgIpc) is 3.17. The Hall–Kier alpha value is -1.43. The Kier molecular flexibility index (Phi) is 5.08. The zero-order chi connectivity index (χ0) is 15.4. The first-order chi connectivity index (χ1) is 10.7. The molecule has 4 nitrogen and oxygen atoms in total. The topological polar surface area (TPSA) is 51.2 Å². The molecule has 1 amide bonds. The molecule has 0 spiro atoms. The van der Waals surface area contributed by atoms with Gasteiger partial charge in [0.05, 0.1) is 18.2 Å². The molecule has 22 heavy (non-hydrogen) atoms. The quantitative estimate of drug-likeness (QED) is 0.911. The minimum Gasteiger partial charge on any atom is -0.376 e. The Balaban J connectivity index is 1.54. The Bertz CT molecular complexity index is 636. The Labute approximate surface area is 138 Å². The fourth-order valence-electron chi connectivity index (χ4n) is 2.37. The molecule has 1 aliphatic rings. The lowest BCUT2D eigenvalue weighted by atomic mass is 10.2. The van der Waals surface area contributed by atoms with Crippen LogP contribution in [0.15, 0.2) is 29.6 Å². The summed E-state index contributed by atoms with van der Waals surface area (Å²) in [5.41, 5.74) is 1.81. The number of hydrogen-bond acceptors (Lipinski definition) is 4. The lowest BCUT2D eigenvalue weighted by Crippen LogP contribution is -2.32. The molecule has 1 aliphatic heterocycles. The van der Waals surface area contributed by atoms with Gasteiger partial charge in [0.2, 0.25) is 5.91 Å². The Morgan fingerprint density at radius 2 is 2.23 bits per heavy atom. The van der Waals surface area contributed by atoms with E-state index in [0.29, 0.717) is 18.0 Å². The van der Waals surface area contributed by atoms with Gasteiger partial charge in [-0.05, 0) is 25.0 Å². The largest absolute Gasteiger partial charge is 0.376 e. The third-order valence-corrected chi connectivity index (χ3v) is 4.73. The number of thiazole rings is 1. The van der Waals surface area contributed by atoms with Gasteiger partial charge in [0.25, 0.3) is 0 Å². The van der Waals surface area contributed by atoms with Crippen molar-refractivity contribution in [2.24, 2.45) is 0 Å². The Morgan fingerprint density at radius 1 is 1.41 bits per heavy atom. The van der Waals surface area contributed by atoms with Crippen LogP contribution in [0.3, 0.4) is 0 Å². The molecule has 1 aromatic heterocycles. The van der Waals surface area contributed by atoms with Crippen LogP contribution in [0.25, 0.3) is 10.6 Å². The summed E-state index contributed by atoms with van der Waals surface area (Å²) in [6, 6.07) is 7.55. The molecule has 3 rings (SSSR count). The van der Waals surface area contributed by atoms with Crippen molar-refractivity contribution >= 4 is 28.8 Å². The van der Waals surface area contributed by atoms with Crippen molar-refractivity contribution in [3.63, 3.8) is 0 Å². The van der Waals surface area contributed by atoms with Crippen molar-refractivity contribution in [3.8, 4) is 10.6 Å². The summed E-state index contributed by atoms with van der Waals surface area (Å²) >= 11 is 7.42. The third-order valence-electron chi connectivity index (χ3n) is 3.54. The van der Waals surface area contributed by atoms with E-state index in [0.717, 1.165) is 35.7 Å². The average molecular weight is 337 g/mol. The van der Waals surface area contributed by atoms with Crippen LogP contribution in [0.1, 0.15) is 18.5 Å². The standard InChI is InChI=1S/C16H17ClN2O2S/c17-12-5-3-11(4-6-12)16-19-13(10-22-16)8-15(20)18-9-14-2-1-7-21-14/h3-6,10,14H,1-2,7-9H2,(H,18,20)/t14-/m0/s1. The second kappa shape index (κ2) is 7.22. The lowest BCUT2D eigenvalue weighted by molar-refractivity contribution is -0.121. The number of hydrogen-bond donors (Lipinski definition) is 1. The molecule has 0 radical (unpaired) electrons. The van der Waals surface area contributed by atoms with Crippen LogP contribution >= 0.6 is 22.9 Å². The molecule has 1 saturated heterocycles. The number of nitrogens with one attached hydrogen (secondary N) is 1. The number of carbonyl (C=O) groups excluding carboxylic acids is 1. The fraction of sp³-hybridized carbons (Fsp3) is 0.375. The maximum absolute atomic E-state index is 11.9. The fourth-order valence-corrected chi connectivity index (χ4v) is 3.33. The maximum Gasteiger partial charge on any atom is 0.226 e. The number of ether oxygens (including phenoxy) is 1. The van der Waals surface area contributed by atoms with E-state index in [-0.39, 0.29) is 12.0 Å². The molecule has 0 unspecified atom stereocenters. The SMILES string of the molecule is O=C(Cc1csc(-c2ccc(Cl)cc2)n1)NC[C@@H]1CCCO1. The summed E-state index contributed by atoms with van der Waals surface area (Å²) in [6.07, 6.45) is 2.58. The van der Waals surface area contributed by atoms with Crippen molar-refractivity contribution in [1.29, 1.82) is 0 Å². The van der Waals surface area contributed by atoms with Gasteiger partial charge in [-0.2, -0.15) is 0 Å². The predicted octanol–water partition coefficient (Wildman–Crippen LogP) is 3.30. The highest BCUT2D eigenvalue weighted by Gasteiger charge is 2.16. The van der Waals surface area contributed by atoms with Crippen molar-refractivity contribution in [2.45, 2.75) is 25.4 Å². The van der Waals surface area contributed by atoms with Gasteiger partial charge in [-0.3, -0.25) is 4.79 Å². The van der Waals surface area contributed by atoms with Crippen molar-refractivity contribution in [3.05, 3.63) is 40.4 Å². The number of aromatic nitrogens is 1. The molecule has 2 heterocycles. The number of nitrogens with zero attached hydrogens (tertiary/aromatic N) is 1. The van der Waals surface area contributed by atoms with E-state index >= 15 is 0 Å². The van der Waals surface area contributed by atoms with E-state index in [9.17, 15) is 4.79 Å². The van der Waals surface area contributed by atoms with Gasteiger partial charge in [-0.25, -0.2) is 4.98 Å². The minimum absolute atomic E-state index is 0.0107. The Morgan fingerprint density at radius 3 is 2.95 bits per heavy atom. The molecular weight excluding hydrogens is 320 g/mol. The molecule has 6 heteroatoms. The summed E-state index contributed by atoms with van der Waals surface area (Å²) in [4.78, 5) is 16.5. The smallest absolute Gasteiger partial charge is 0.226 e. The molecule has 1 fully saturated rings. The zero-order valence-corrected chi connectivity index (χ0v) is 13.6. The van der Waals surface area contributed by atoms with Crippen molar-refractivity contribution in [2.75, 3.05) is 13.2 Å². The van der Waals surface area contributed by atoms with Gasteiger partial charge in [0.1, 0.15) is 5.01 Å². The molecule has 1 N–H and O–H groups in total. The highest BCUT2D eigenvalue weighted by Crippen LogP contribution is 2.25. The van der Waals surface area contributed by atoms with Crippen LogP contribution in [0.5, 0.6) is 0 Å². The van der Waals surface area contributed by atoms with Gasteiger partial charge < -0.3 is 10.1 Å². The molecule has 1 aromatic carbocycles. The zero-order valence-electron chi connectivity index (χ0n) is 12.0. The number of amides is 1. The summed E-state index contributed by atoms with van der Waals surface area (Å²) in [7, 11) is 0. The van der Waals surface area contributed by atoms with Gasteiger partial charge in [-0.15, -0.1) is 11.3 Å². The third kappa shape index (κ3) is 4.06. The summed E-state index contributed by atoms with van der Waals surface area (Å²) in [5, 5.41) is 6.44. The van der Waals surface area contributed by atoms with Gasteiger partial charge in [0, 0.05) is 29.1 Å². The van der Waals surface area contributed by atoms with E-state index in [2.05, 4.69) is 10.3 Å². The second-order valence-electron chi connectivity index (χ2n) is 5.27. The summed E-state index contributed by atoms with van der Waals surface area (Å²) in [6.45, 7) is 1.39. The molecule has 0 bridgehead atoms. The first kappa shape index (κ1) is 15.5.